The molecule has 1 N–H and O–H groups in total. The average Bonchev–Trinajstić information content (AvgIpc) is 2.45. The van der Waals surface area contributed by atoms with Gasteiger partial charge in [0, 0.05) is 32.4 Å². The van der Waals surface area contributed by atoms with Gasteiger partial charge in [0.1, 0.15) is 11.9 Å². The SMILES string of the molecule is CC(=O)C=C(C)O.C[Si](C)(C)c1ccc(-c2[c-]cc(F)nc2F)nc1.[Ir]. The van der Waals surface area contributed by atoms with Crippen LogP contribution in [0.25, 0.3) is 11.3 Å². The van der Waals surface area contributed by atoms with Crippen molar-refractivity contribution in [1.82, 2.24) is 9.97 Å². The molecule has 0 fully saturated rings. The second kappa shape index (κ2) is 10.4. The van der Waals surface area contributed by atoms with Gasteiger partial charge in [0.25, 0.3) is 0 Å². The Morgan fingerprint density at radius 3 is 2.19 bits per heavy atom. The van der Waals surface area contributed by atoms with Gasteiger partial charge in [0.15, 0.2) is 5.78 Å². The maximum Gasteiger partial charge on any atom is 0.155 e. The second-order valence-corrected chi connectivity index (χ2v) is 11.5. The molecular formula is C18H21F2IrN2O2Si-. The van der Waals surface area contributed by atoms with Crippen molar-refractivity contribution in [1.29, 1.82) is 0 Å². The molecule has 2 heterocycles. The first-order valence-electron chi connectivity index (χ1n) is 7.59. The third kappa shape index (κ3) is 8.08. The minimum atomic E-state index is -1.42. The summed E-state index contributed by atoms with van der Waals surface area (Å²) in [7, 11) is -1.42. The van der Waals surface area contributed by atoms with Crippen molar-refractivity contribution in [2.24, 2.45) is 0 Å². The number of ketones is 1. The Morgan fingerprint density at radius 1 is 1.23 bits per heavy atom. The van der Waals surface area contributed by atoms with Crippen molar-refractivity contribution in [3.8, 4) is 11.3 Å². The summed E-state index contributed by atoms with van der Waals surface area (Å²) in [6.07, 6.45) is 2.91. The summed E-state index contributed by atoms with van der Waals surface area (Å²) < 4.78 is 26.1. The van der Waals surface area contributed by atoms with Crippen molar-refractivity contribution in [3.05, 3.63) is 54.2 Å². The number of allylic oxidation sites excluding steroid dienone is 2. The molecule has 143 valence electrons. The molecule has 0 aliphatic carbocycles. The third-order valence-corrected chi connectivity index (χ3v) is 5.07. The number of rotatable bonds is 3. The summed E-state index contributed by atoms with van der Waals surface area (Å²) in [5.41, 5.74) is 0.514. The second-order valence-electron chi connectivity index (χ2n) is 6.47. The fourth-order valence-corrected chi connectivity index (χ4v) is 2.87. The van der Waals surface area contributed by atoms with E-state index < -0.39 is 20.0 Å². The van der Waals surface area contributed by atoms with Crippen molar-refractivity contribution in [3.63, 3.8) is 0 Å². The Labute approximate surface area is 166 Å². The summed E-state index contributed by atoms with van der Waals surface area (Å²) in [6.45, 7) is 9.46. The van der Waals surface area contributed by atoms with Gasteiger partial charge in [0.2, 0.25) is 0 Å². The predicted octanol–water partition coefficient (Wildman–Crippen LogP) is 3.80. The van der Waals surface area contributed by atoms with E-state index in [0.29, 0.717) is 5.69 Å². The first kappa shape index (κ1) is 24.2. The zero-order valence-electron chi connectivity index (χ0n) is 15.2. The normalized spacial score (nSPS) is 11.1. The number of pyridine rings is 2. The van der Waals surface area contributed by atoms with E-state index in [1.165, 1.54) is 25.1 Å². The molecule has 1 radical (unpaired) electrons. The number of aliphatic hydroxyl groups is 1. The van der Waals surface area contributed by atoms with E-state index in [-0.39, 0.29) is 37.2 Å². The molecule has 0 bridgehead atoms. The van der Waals surface area contributed by atoms with E-state index in [9.17, 15) is 13.6 Å². The quantitative estimate of drug-likeness (QED) is 0.206. The smallest absolute Gasteiger partial charge is 0.155 e. The Bertz CT molecular complexity index is 772. The van der Waals surface area contributed by atoms with Crippen LogP contribution >= 0.6 is 0 Å². The van der Waals surface area contributed by atoms with Crippen molar-refractivity contribution in [2.45, 2.75) is 33.5 Å². The van der Waals surface area contributed by atoms with Gasteiger partial charge >= 0.3 is 0 Å². The molecular weight excluding hydrogens is 535 g/mol. The number of halogens is 2. The van der Waals surface area contributed by atoms with Gasteiger partial charge in [-0.15, -0.1) is 6.07 Å². The number of hydrogen-bond donors (Lipinski definition) is 1. The maximum atomic E-state index is 13.5. The summed E-state index contributed by atoms with van der Waals surface area (Å²) in [5.74, 6) is -1.83. The summed E-state index contributed by atoms with van der Waals surface area (Å²) in [4.78, 5) is 17.3. The number of nitrogens with zero attached hydrogens (tertiary/aromatic N) is 2. The topological polar surface area (TPSA) is 63.1 Å². The molecule has 0 aromatic carbocycles. The third-order valence-electron chi connectivity index (χ3n) is 3.04. The van der Waals surface area contributed by atoms with Crippen LogP contribution in [0.2, 0.25) is 19.6 Å². The molecule has 0 aliphatic rings. The number of aromatic nitrogens is 2. The van der Waals surface area contributed by atoms with Crippen molar-refractivity contribution < 1.29 is 38.8 Å². The first-order chi connectivity index (χ1) is 11.5. The summed E-state index contributed by atoms with van der Waals surface area (Å²) >= 11 is 0. The fourth-order valence-electron chi connectivity index (χ4n) is 1.83. The molecule has 2 rings (SSSR count). The number of carbonyl (C=O) groups is 1. The van der Waals surface area contributed by atoms with E-state index in [2.05, 4.69) is 35.7 Å². The van der Waals surface area contributed by atoms with Crippen LogP contribution in [0.5, 0.6) is 0 Å². The van der Waals surface area contributed by atoms with Crippen LogP contribution in [-0.4, -0.2) is 28.9 Å². The maximum absolute atomic E-state index is 13.5. The molecule has 2 aromatic rings. The molecule has 0 aliphatic heterocycles. The molecule has 0 atom stereocenters. The van der Waals surface area contributed by atoms with Gasteiger partial charge in [-0.1, -0.05) is 43.4 Å². The van der Waals surface area contributed by atoms with Crippen LogP contribution < -0.4 is 5.19 Å². The van der Waals surface area contributed by atoms with Gasteiger partial charge in [-0.3, -0.25) is 9.78 Å². The molecule has 0 saturated carbocycles. The Morgan fingerprint density at radius 2 is 1.85 bits per heavy atom. The van der Waals surface area contributed by atoms with Crippen LogP contribution in [0, 0.1) is 18.0 Å². The fraction of sp³-hybridized carbons (Fsp3) is 0.278. The largest absolute Gasteiger partial charge is 0.512 e. The van der Waals surface area contributed by atoms with Crippen molar-refractivity contribution >= 4 is 19.0 Å². The van der Waals surface area contributed by atoms with Crippen LogP contribution in [-0.2, 0) is 24.9 Å². The van der Waals surface area contributed by atoms with Gasteiger partial charge < -0.3 is 10.1 Å². The van der Waals surface area contributed by atoms with Crippen LogP contribution in [0.3, 0.4) is 0 Å². The molecule has 0 unspecified atom stereocenters. The van der Waals surface area contributed by atoms with E-state index in [1.807, 2.05) is 6.07 Å². The Hall–Kier alpha value is -1.76. The molecule has 0 saturated heterocycles. The van der Waals surface area contributed by atoms with Crippen molar-refractivity contribution in [2.75, 3.05) is 0 Å². The Kier molecular flexibility index (Phi) is 9.70. The van der Waals surface area contributed by atoms with Gasteiger partial charge in [-0.25, -0.2) is 8.78 Å². The molecule has 0 amide bonds. The van der Waals surface area contributed by atoms with Crippen LogP contribution in [0.1, 0.15) is 13.8 Å². The minimum Gasteiger partial charge on any atom is -0.512 e. The van der Waals surface area contributed by atoms with Crippen LogP contribution in [0.4, 0.5) is 8.78 Å². The van der Waals surface area contributed by atoms with E-state index in [0.717, 1.165) is 6.07 Å². The number of carbonyl (C=O) groups excluding carboxylic acids is 1. The standard InChI is InChI=1S/C13H13F2N2Si.C5H8O2.Ir/c1-18(2,3)9-4-6-11(16-8-9)10-5-7-12(14)17-13(10)15;1-4(6)3-5(2)7;/h4,6-8H,1-3H3;3,6H,1-2H3;/q-1;;. The molecule has 4 nitrogen and oxygen atoms in total. The van der Waals surface area contributed by atoms with Gasteiger partial charge in [-0.05, 0) is 24.7 Å². The van der Waals surface area contributed by atoms with Crippen LogP contribution in [0.15, 0.2) is 36.2 Å². The Balaban J connectivity index is 0.000000673. The van der Waals surface area contributed by atoms with Gasteiger partial charge in [0.05, 0.1) is 13.8 Å². The molecule has 2 aromatic heterocycles. The molecule has 0 spiro atoms. The number of aliphatic hydroxyl groups excluding tert-OH is 1. The number of hydrogen-bond acceptors (Lipinski definition) is 4. The minimum absolute atomic E-state index is 0. The monoisotopic (exact) mass is 556 g/mol. The van der Waals surface area contributed by atoms with E-state index in [4.69, 9.17) is 5.11 Å². The summed E-state index contributed by atoms with van der Waals surface area (Å²) in [5, 5.41) is 9.55. The molecule has 8 heteroatoms. The zero-order chi connectivity index (χ0) is 19.2. The van der Waals surface area contributed by atoms with E-state index >= 15 is 0 Å². The van der Waals surface area contributed by atoms with Gasteiger partial charge in [-0.2, -0.15) is 0 Å². The molecule has 26 heavy (non-hydrogen) atoms. The zero-order valence-corrected chi connectivity index (χ0v) is 18.6. The first-order valence-corrected chi connectivity index (χ1v) is 11.1. The average molecular weight is 556 g/mol. The van der Waals surface area contributed by atoms with E-state index in [1.54, 1.807) is 12.3 Å². The summed E-state index contributed by atoms with van der Waals surface area (Å²) in [6, 6.07) is 7.18. The predicted molar refractivity (Wildman–Crippen MR) is 96.3 cm³/mol.